The molecule has 1 amide bonds. The Bertz CT molecular complexity index is 1660. The summed E-state index contributed by atoms with van der Waals surface area (Å²) in [4.78, 5) is 13.2. The molecule has 12 atom stereocenters. The number of aliphatic hydroxyl groups excluding tert-OH is 8. The predicted octanol–water partition coefficient (Wildman–Crippen LogP) is 10.3. The van der Waals surface area contributed by atoms with E-state index in [4.69, 9.17) is 18.9 Å². The van der Waals surface area contributed by atoms with Gasteiger partial charge in [0.05, 0.1) is 32.0 Å². The Hall–Kier alpha value is -3.09. The van der Waals surface area contributed by atoms with Crippen LogP contribution in [0.5, 0.6) is 0 Å². The molecular formula is C63H107NO13. The van der Waals surface area contributed by atoms with E-state index in [-0.39, 0.29) is 18.9 Å². The molecule has 14 nitrogen and oxygen atoms in total. The molecule has 12 unspecified atom stereocenters. The highest BCUT2D eigenvalue weighted by Gasteiger charge is 2.51. The molecule has 2 aliphatic heterocycles. The monoisotopic (exact) mass is 1090 g/mol. The molecule has 0 aromatic rings. The number of aliphatic hydroxyl groups is 8. The summed E-state index contributed by atoms with van der Waals surface area (Å²) in [7, 11) is 0. The summed E-state index contributed by atoms with van der Waals surface area (Å²) in [5, 5.41) is 86.8. The summed E-state index contributed by atoms with van der Waals surface area (Å²) in [5.41, 5.74) is 0. The standard InChI is InChI=1S/C63H107NO13/c1-3-5-7-9-11-13-15-16-17-18-19-20-21-22-23-24-25-26-27-28-29-30-31-32-33-34-35-36-37-39-41-43-45-47-55(68)64-51(52(67)46-44-42-40-38-14-12-10-8-6-4-2)50-74-62-60(73)58(71)61(54(49-66)76-62)77-63-59(72)57(70)56(69)53(48-65)75-63/h5-8,11,13-14,16-17,19-20,22-23,38,44,46,51-54,56-63,65-67,69-73H,3-4,9-10,12,15,18,21,24-37,39-43,45,47-50H2,1-2H3,(H,64,68)/b7-5-,8-6+,13-11-,17-16-,20-19-,23-22-,38-14+,46-44+. The normalized spacial score (nSPS) is 25.4. The van der Waals surface area contributed by atoms with Gasteiger partial charge in [-0.05, 0) is 83.5 Å². The largest absolute Gasteiger partial charge is 0.394 e. The number of nitrogens with one attached hydrogen (secondary N) is 1. The summed E-state index contributed by atoms with van der Waals surface area (Å²) in [5.74, 6) is -0.259. The molecule has 77 heavy (non-hydrogen) atoms. The van der Waals surface area contributed by atoms with Crippen LogP contribution in [-0.2, 0) is 23.7 Å². The van der Waals surface area contributed by atoms with Crippen LogP contribution in [0.3, 0.4) is 0 Å². The van der Waals surface area contributed by atoms with Gasteiger partial charge in [0.25, 0.3) is 0 Å². The van der Waals surface area contributed by atoms with Crippen molar-refractivity contribution in [3.8, 4) is 0 Å². The summed E-state index contributed by atoms with van der Waals surface area (Å²) < 4.78 is 22.7. The Morgan fingerprint density at radius 1 is 0.468 bits per heavy atom. The molecule has 442 valence electrons. The van der Waals surface area contributed by atoms with Gasteiger partial charge in [-0.1, -0.05) is 207 Å². The van der Waals surface area contributed by atoms with Crippen molar-refractivity contribution in [1.29, 1.82) is 0 Å². The maximum Gasteiger partial charge on any atom is 0.220 e. The summed E-state index contributed by atoms with van der Waals surface area (Å²) in [6, 6.07) is -0.940. The van der Waals surface area contributed by atoms with Gasteiger partial charge in [-0.25, -0.2) is 0 Å². The van der Waals surface area contributed by atoms with Gasteiger partial charge in [0.2, 0.25) is 5.91 Å². The second-order valence-corrected chi connectivity index (χ2v) is 20.7. The number of carbonyl (C=O) groups excluding carboxylic acids is 1. The van der Waals surface area contributed by atoms with Crippen molar-refractivity contribution < 1.29 is 64.6 Å². The Balaban J connectivity index is 1.62. The topological polar surface area (TPSA) is 228 Å². The van der Waals surface area contributed by atoms with Crippen molar-refractivity contribution in [1.82, 2.24) is 5.32 Å². The van der Waals surface area contributed by atoms with Crippen molar-refractivity contribution in [2.75, 3.05) is 19.8 Å². The van der Waals surface area contributed by atoms with Crippen LogP contribution in [0.25, 0.3) is 0 Å². The van der Waals surface area contributed by atoms with E-state index in [1.807, 2.05) is 6.08 Å². The molecule has 2 saturated heterocycles. The Morgan fingerprint density at radius 2 is 0.870 bits per heavy atom. The number of hydrogen-bond acceptors (Lipinski definition) is 13. The maximum atomic E-state index is 13.2. The number of amides is 1. The van der Waals surface area contributed by atoms with Crippen molar-refractivity contribution in [3.05, 3.63) is 97.2 Å². The summed E-state index contributed by atoms with van der Waals surface area (Å²) in [6.07, 6.45) is 49.2. The van der Waals surface area contributed by atoms with Gasteiger partial charge >= 0.3 is 0 Å². The van der Waals surface area contributed by atoms with Gasteiger partial charge in [0, 0.05) is 6.42 Å². The summed E-state index contributed by atoms with van der Waals surface area (Å²) >= 11 is 0. The van der Waals surface area contributed by atoms with E-state index in [0.29, 0.717) is 12.8 Å². The molecule has 9 N–H and O–H groups in total. The third kappa shape index (κ3) is 33.3. The second-order valence-electron chi connectivity index (χ2n) is 20.7. The van der Waals surface area contributed by atoms with Crippen molar-refractivity contribution in [2.45, 2.75) is 274 Å². The molecule has 2 heterocycles. The molecule has 0 bridgehead atoms. The van der Waals surface area contributed by atoms with Crippen LogP contribution in [0.15, 0.2) is 97.2 Å². The first-order valence-corrected chi connectivity index (χ1v) is 30.0. The van der Waals surface area contributed by atoms with E-state index in [1.54, 1.807) is 6.08 Å². The quantitative estimate of drug-likeness (QED) is 0.0205. The molecule has 0 aromatic carbocycles. The van der Waals surface area contributed by atoms with E-state index >= 15 is 0 Å². The lowest BCUT2D eigenvalue weighted by atomic mass is 9.97. The fourth-order valence-electron chi connectivity index (χ4n) is 9.24. The van der Waals surface area contributed by atoms with Gasteiger partial charge in [-0.2, -0.15) is 0 Å². The van der Waals surface area contributed by atoms with E-state index in [0.717, 1.165) is 77.0 Å². The second kappa shape index (κ2) is 47.7. The van der Waals surface area contributed by atoms with Crippen LogP contribution in [0.2, 0.25) is 0 Å². The lowest BCUT2D eigenvalue weighted by Gasteiger charge is -2.46. The van der Waals surface area contributed by atoms with E-state index in [1.165, 1.54) is 89.9 Å². The predicted molar refractivity (Wildman–Crippen MR) is 309 cm³/mol. The van der Waals surface area contributed by atoms with Crippen molar-refractivity contribution in [3.63, 3.8) is 0 Å². The van der Waals surface area contributed by atoms with Crippen LogP contribution in [0.4, 0.5) is 0 Å². The zero-order valence-corrected chi connectivity index (χ0v) is 47.4. The van der Waals surface area contributed by atoms with Crippen LogP contribution in [0, 0.1) is 0 Å². The highest BCUT2D eigenvalue weighted by atomic mass is 16.7. The number of carbonyl (C=O) groups is 1. The highest BCUT2D eigenvalue weighted by Crippen LogP contribution is 2.30. The van der Waals surface area contributed by atoms with E-state index in [2.05, 4.69) is 104 Å². The average Bonchev–Trinajstić information content (AvgIpc) is 3.45. The fraction of sp³-hybridized carbons (Fsp3) is 0.730. The van der Waals surface area contributed by atoms with Crippen LogP contribution < -0.4 is 5.32 Å². The molecule has 0 radical (unpaired) electrons. The SMILES string of the molecule is CC/C=C\C/C=C\C/C=C\C/C=C\C/C=C\CCCCCCCCCCCCCCCCCCCC(=O)NC(COC1OC(CO)C(OC2OC(CO)C(O)C(O)C2O)C(O)C1O)C(O)/C=C/CC/C=C/CC/C=C/CC. The Kier molecular flexibility index (Phi) is 43.4. The van der Waals surface area contributed by atoms with Crippen LogP contribution in [0.1, 0.15) is 200 Å². The van der Waals surface area contributed by atoms with Crippen molar-refractivity contribution >= 4 is 5.91 Å². The van der Waals surface area contributed by atoms with E-state index in [9.17, 15) is 45.6 Å². The lowest BCUT2D eigenvalue weighted by molar-refractivity contribution is -0.359. The first-order valence-electron chi connectivity index (χ1n) is 30.0. The maximum absolute atomic E-state index is 13.2. The minimum absolute atomic E-state index is 0.259. The van der Waals surface area contributed by atoms with Crippen molar-refractivity contribution in [2.24, 2.45) is 0 Å². The number of unbranched alkanes of at least 4 members (excludes halogenated alkanes) is 19. The Labute approximate surface area is 464 Å². The molecule has 0 saturated carbocycles. The smallest absolute Gasteiger partial charge is 0.220 e. The number of ether oxygens (including phenoxy) is 4. The molecule has 0 aliphatic carbocycles. The highest BCUT2D eigenvalue weighted by molar-refractivity contribution is 5.76. The first kappa shape index (κ1) is 70.0. The first-order chi connectivity index (χ1) is 37.6. The number of rotatable bonds is 46. The third-order valence-electron chi connectivity index (χ3n) is 14.0. The number of allylic oxidation sites excluding steroid dienone is 15. The minimum Gasteiger partial charge on any atom is -0.394 e. The molecule has 2 fully saturated rings. The van der Waals surface area contributed by atoms with Crippen LogP contribution >= 0.6 is 0 Å². The summed E-state index contributed by atoms with van der Waals surface area (Å²) in [6.45, 7) is 2.51. The van der Waals surface area contributed by atoms with Gasteiger partial charge in [-0.3, -0.25) is 4.79 Å². The van der Waals surface area contributed by atoms with Gasteiger partial charge in [0.1, 0.15) is 48.8 Å². The lowest BCUT2D eigenvalue weighted by Crippen LogP contribution is -2.65. The zero-order chi connectivity index (χ0) is 56.0. The van der Waals surface area contributed by atoms with Crippen LogP contribution in [-0.4, -0.2) is 140 Å². The average molecular weight is 1090 g/mol. The van der Waals surface area contributed by atoms with E-state index < -0.39 is 86.8 Å². The molecule has 0 spiro atoms. The minimum atomic E-state index is -1.79. The Morgan fingerprint density at radius 3 is 1.38 bits per heavy atom. The zero-order valence-electron chi connectivity index (χ0n) is 47.4. The van der Waals surface area contributed by atoms with Gasteiger partial charge in [-0.15, -0.1) is 0 Å². The molecule has 14 heteroatoms. The molecular weight excluding hydrogens is 979 g/mol. The number of hydrogen-bond donors (Lipinski definition) is 9. The fourth-order valence-corrected chi connectivity index (χ4v) is 9.24. The van der Waals surface area contributed by atoms with Gasteiger partial charge in [0.15, 0.2) is 12.6 Å². The molecule has 2 aliphatic rings. The van der Waals surface area contributed by atoms with Gasteiger partial charge < -0.3 is 65.1 Å². The molecule has 2 rings (SSSR count). The molecule has 0 aromatic heterocycles. The third-order valence-corrected chi connectivity index (χ3v) is 14.0.